The summed E-state index contributed by atoms with van der Waals surface area (Å²) in [5.41, 5.74) is 4.57. The molecule has 0 aliphatic heterocycles. The Morgan fingerprint density at radius 1 is 1.08 bits per heavy atom. The molecule has 1 atom stereocenters. The van der Waals surface area contributed by atoms with E-state index >= 15 is 0 Å². The number of hydrogen-bond acceptors (Lipinski definition) is 1. The Balaban J connectivity index is 2.02. The molecule has 0 unspecified atom stereocenters. The monoisotopic (exact) mass is 339 g/mol. The summed E-state index contributed by atoms with van der Waals surface area (Å²) in [4.78, 5) is 12.5. The summed E-state index contributed by atoms with van der Waals surface area (Å²) in [6, 6.07) is 17.0. The normalized spacial score (nSPS) is 12.2. The molecule has 0 saturated carbocycles. The third-order valence-corrected chi connectivity index (χ3v) is 4.55. The lowest BCUT2D eigenvalue weighted by Crippen LogP contribution is -2.87. The van der Waals surface area contributed by atoms with Crippen molar-refractivity contribution in [1.82, 2.24) is 0 Å². The quantitative estimate of drug-likeness (QED) is 0.754. The predicted octanol–water partition coefficient (Wildman–Crippen LogP) is 3.85. The van der Waals surface area contributed by atoms with E-state index < -0.39 is 0 Å². The van der Waals surface area contributed by atoms with Crippen molar-refractivity contribution in [1.29, 1.82) is 0 Å². The van der Waals surface area contributed by atoms with Gasteiger partial charge in [0.15, 0.2) is 6.54 Å². The van der Waals surface area contributed by atoms with Gasteiger partial charge in [-0.1, -0.05) is 69.3 Å². The van der Waals surface area contributed by atoms with Gasteiger partial charge in [0.05, 0.1) is 0 Å². The zero-order valence-electron chi connectivity index (χ0n) is 15.9. The molecule has 134 valence electrons. The number of quaternary nitrogens is 1. The second kappa shape index (κ2) is 9.38. The Hall–Kier alpha value is -2.13. The van der Waals surface area contributed by atoms with Gasteiger partial charge in [0.2, 0.25) is 0 Å². The van der Waals surface area contributed by atoms with Gasteiger partial charge in [0.25, 0.3) is 5.91 Å². The number of para-hydroxylation sites is 1. The molecule has 0 fully saturated rings. The van der Waals surface area contributed by atoms with Gasteiger partial charge in [0, 0.05) is 17.7 Å². The molecule has 0 aromatic heterocycles. The molecule has 0 heterocycles. The standard InChI is InChI=1S/C22H30N2O/c1-5-18-13-9-10-17(4)22(18)24-21(25)15-23-20(14-16(2)3)19-11-7-6-8-12-19/h6-13,16,20,23H,5,14-15H2,1-4H3,(H,24,25)/p+1/t20-/m1/s1. The van der Waals surface area contributed by atoms with E-state index in [2.05, 4.69) is 61.7 Å². The van der Waals surface area contributed by atoms with Crippen molar-refractivity contribution in [3.63, 3.8) is 0 Å². The minimum Gasteiger partial charge on any atom is -0.332 e. The van der Waals surface area contributed by atoms with Gasteiger partial charge in [0.1, 0.15) is 6.04 Å². The zero-order chi connectivity index (χ0) is 18.2. The van der Waals surface area contributed by atoms with E-state index in [9.17, 15) is 4.79 Å². The first kappa shape index (κ1) is 19.2. The fourth-order valence-electron chi connectivity index (χ4n) is 3.22. The van der Waals surface area contributed by atoms with Crippen molar-refractivity contribution in [2.24, 2.45) is 5.92 Å². The zero-order valence-corrected chi connectivity index (χ0v) is 15.9. The number of nitrogens with one attached hydrogen (secondary N) is 1. The van der Waals surface area contributed by atoms with Crippen LogP contribution in [0.4, 0.5) is 5.69 Å². The smallest absolute Gasteiger partial charge is 0.279 e. The van der Waals surface area contributed by atoms with E-state index in [1.807, 2.05) is 25.1 Å². The average Bonchev–Trinajstić information content (AvgIpc) is 2.60. The van der Waals surface area contributed by atoms with E-state index in [-0.39, 0.29) is 5.91 Å². The Morgan fingerprint density at radius 3 is 2.44 bits per heavy atom. The molecule has 0 spiro atoms. The molecular formula is C22H31N2O+. The fourth-order valence-corrected chi connectivity index (χ4v) is 3.22. The first-order valence-electron chi connectivity index (χ1n) is 9.27. The Morgan fingerprint density at radius 2 is 1.80 bits per heavy atom. The van der Waals surface area contributed by atoms with Crippen molar-refractivity contribution < 1.29 is 10.1 Å². The number of benzene rings is 2. The predicted molar refractivity (Wildman–Crippen MR) is 105 cm³/mol. The van der Waals surface area contributed by atoms with E-state index in [0.717, 1.165) is 24.1 Å². The molecule has 0 radical (unpaired) electrons. The number of anilines is 1. The van der Waals surface area contributed by atoms with Crippen LogP contribution in [-0.2, 0) is 11.2 Å². The molecule has 0 aliphatic carbocycles. The van der Waals surface area contributed by atoms with E-state index in [4.69, 9.17) is 0 Å². The highest BCUT2D eigenvalue weighted by atomic mass is 16.1. The van der Waals surface area contributed by atoms with Crippen molar-refractivity contribution in [3.8, 4) is 0 Å². The lowest BCUT2D eigenvalue weighted by atomic mass is 9.97. The van der Waals surface area contributed by atoms with Crippen LogP contribution in [0.1, 0.15) is 49.9 Å². The number of nitrogens with two attached hydrogens (primary N) is 1. The van der Waals surface area contributed by atoms with Gasteiger partial charge in [-0.2, -0.15) is 0 Å². The molecule has 3 nitrogen and oxygen atoms in total. The second-order valence-corrected chi connectivity index (χ2v) is 7.10. The molecule has 3 heteroatoms. The molecule has 3 N–H and O–H groups in total. The van der Waals surface area contributed by atoms with Crippen LogP contribution in [-0.4, -0.2) is 12.5 Å². The van der Waals surface area contributed by atoms with Gasteiger partial charge < -0.3 is 10.6 Å². The third-order valence-electron chi connectivity index (χ3n) is 4.55. The molecule has 0 saturated heterocycles. The Kier molecular flexibility index (Phi) is 7.20. The number of aryl methyl sites for hydroxylation is 2. The summed E-state index contributed by atoms with van der Waals surface area (Å²) in [6.07, 6.45) is 1.98. The average molecular weight is 340 g/mol. The first-order chi connectivity index (χ1) is 12.0. The summed E-state index contributed by atoms with van der Waals surface area (Å²) >= 11 is 0. The fraction of sp³-hybridized carbons (Fsp3) is 0.409. The topological polar surface area (TPSA) is 45.7 Å². The van der Waals surface area contributed by atoms with Crippen LogP contribution in [0, 0.1) is 12.8 Å². The molecule has 25 heavy (non-hydrogen) atoms. The summed E-state index contributed by atoms with van der Waals surface area (Å²) in [5.74, 6) is 0.654. The largest absolute Gasteiger partial charge is 0.332 e. The van der Waals surface area contributed by atoms with Crippen LogP contribution in [0.5, 0.6) is 0 Å². The summed E-state index contributed by atoms with van der Waals surface area (Å²) < 4.78 is 0. The second-order valence-electron chi connectivity index (χ2n) is 7.10. The first-order valence-corrected chi connectivity index (χ1v) is 9.27. The summed E-state index contributed by atoms with van der Waals surface area (Å²) in [7, 11) is 0. The highest BCUT2D eigenvalue weighted by molar-refractivity contribution is 5.93. The van der Waals surface area contributed by atoms with Crippen LogP contribution in [0.2, 0.25) is 0 Å². The molecule has 0 aliphatic rings. The van der Waals surface area contributed by atoms with Gasteiger partial charge in [-0.05, 0) is 30.4 Å². The maximum atomic E-state index is 12.5. The van der Waals surface area contributed by atoms with Gasteiger partial charge in [-0.25, -0.2) is 0 Å². The molecule has 2 aromatic rings. The maximum Gasteiger partial charge on any atom is 0.279 e. The number of hydrogen-bond donors (Lipinski definition) is 2. The van der Waals surface area contributed by atoms with Crippen LogP contribution in [0.25, 0.3) is 0 Å². The van der Waals surface area contributed by atoms with E-state index in [0.29, 0.717) is 18.5 Å². The van der Waals surface area contributed by atoms with Gasteiger partial charge in [-0.15, -0.1) is 0 Å². The van der Waals surface area contributed by atoms with Gasteiger partial charge >= 0.3 is 0 Å². The van der Waals surface area contributed by atoms with Crippen molar-refractivity contribution in [2.45, 2.75) is 46.6 Å². The molecule has 1 amide bonds. The van der Waals surface area contributed by atoms with E-state index in [1.54, 1.807) is 0 Å². The third kappa shape index (κ3) is 5.71. The number of amides is 1. The molecule has 2 aromatic carbocycles. The van der Waals surface area contributed by atoms with Crippen LogP contribution in [0.3, 0.4) is 0 Å². The summed E-state index contributed by atoms with van der Waals surface area (Å²) in [5, 5.41) is 5.28. The Labute approximate surface area is 151 Å². The van der Waals surface area contributed by atoms with E-state index in [1.165, 1.54) is 11.1 Å². The van der Waals surface area contributed by atoms with Gasteiger partial charge in [-0.3, -0.25) is 4.79 Å². The van der Waals surface area contributed by atoms with Crippen LogP contribution >= 0.6 is 0 Å². The van der Waals surface area contributed by atoms with Crippen molar-refractivity contribution in [2.75, 3.05) is 11.9 Å². The lowest BCUT2D eigenvalue weighted by Gasteiger charge is -2.18. The van der Waals surface area contributed by atoms with Crippen molar-refractivity contribution in [3.05, 3.63) is 65.2 Å². The number of carbonyl (C=O) groups excluding carboxylic acids is 1. The molecular weight excluding hydrogens is 308 g/mol. The van der Waals surface area contributed by atoms with Crippen molar-refractivity contribution >= 4 is 11.6 Å². The highest BCUT2D eigenvalue weighted by Gasteiger charge is 2.18. The minimum absolute atomic E-state index is 0.0636. The number of rotatable bonds is 8. The number of carbonyl (C=O) groups is 1. The van der Waals surface area contributed by atoms with Crippen LogP contribution < -0.4 is 10.6 Å². The molecule has 0 bridgehead atoms. The SMILES string of the molecule is CCc1cccc(C)c1NC(=O)C[NH2+][C@H](CC(C)C)c1ccccc1. The summed E-state index contributed by atoms with van der Waals surface area (Å²) in [6.45, 7) is 9.05. The minimum atomic E-state index is 0.0636. The molecule has 2 rings (SSSR count). The maximum absolute atomic E-state index is 12.5. The van der Waals surface area contributed by atoms with Crippen LogP contribution in [0.15, 0.2) is 48.5 Å². The highest BCUT2D eigenvalue weighted by Crippen LogP contribution is 2.21. The lowest BCUT2D eigenvalue weighted by molar-refractivity contribution is -0.687. The Bertz CT molecular complexity index is 680.